The average Bonchev–Trinajstić information content (AvgIpc) is 2.84. The Hall–Kier alpha value is -3.33. The Labute approximate surface area is 225 Å². The van der Waals surface area contributed by atoms with E-state index in [9.17, 15) is 14.4 Å². The van der Waals surface area contributed by atoms with E-state index in [2.05, 4.69) is 21.2 Å². The number of hydrogen-bond acceptors (Lipinski definition) is 5. The standard InChI is InChI=1S/C26H19BrCl2N2O5/c1-2-35-23-13-15(4-10-22(23)36-14-16-3-9-20(28)21(29)12-16)11-19-24(32)30-26(34)31(25(19)33)18-7-5-17(27)6-8-18/h3-13H,2,14H2,1H3,(H,30,32,34)/b19-11+. The molecule has 3 aromatic rings. The Morgan fingerprint density at radius 1 is 0.917 bits per heavy atom. The van der Waals surface area contributed by atoms with E-state index in [1.165, 1.54) is 6.08 Å². The van der Waals surface area contributed by atoms with Crippen molar-refractivity contribution < 1.29 is 23.9 Å². The van der Waals surface area contributed by atoms with Crippen LogP contribution in [0, 0.1) is 0 Å². The predicted octanol–water partition coefficient (Wildman–Crippen LogP) is 6.40. The molecule has 0 bridgehead atoms. The Morgan fingerprint density at radius 2 is 1.67 bits per heavy atom. The van der Waals surface area contributed by atoms with Crippen LogP contribution < -0.4 is 19.7 Å². The number of amides is 4. The lowest BCUT2D eigenvalue weighted by atomic mass is 10.1. The van der Waals surface area contributed by atoms with Crippen molar-refractivity contribution in [3.05, 3.63) is 91.9 Å². The molecule has 36 heavy (non-hydrogen) atoms. The molecule has 1 aliphatic heterocycles. The quantitative estimate of drug-likeness (QED) is 0.255. The van der Waals surface area contributed by atoms with Crippen molar-refractivity contribution in [1.29, 1.82) is 0 Å². The Kier molecular flexibility index (Phi) is 7.98. The maximum absolute atomic E-state index is 13.1. The lowest BCUT2D eigenvalue weighted by Crippen LogP contribution is -2.54. The van der Waals surface area contributed by atoms with Gasteiger partial charge in [0.25, 0.3) is 11.8 Å². The van der Waals surface area contributed by atoms with Gasteiger partial charge in [0.15, 0.2) is 11.5 Å². The minimum atomic E-state index is -0.814. The summed E-state index contributed by atoms with van der Waals surface area (Å²) in [6, 6.07) is 16.0. The van der Waals surface area contributed by atoms with Gasteiger partial charge in [0.1, 0.15) is 12.2 Å². The fourth-order valence-electron chi connectivity index (χ4n) is 3.44. The molecule has 3 aromatic carbocycles. The number of anilines is 1. The first-order valence-corrected chi connectivity index (χ1v) is 12.3. The number of hydrogen-bond donors (Lipinski definition) is 1. The summed E-state index contributed by atoms with van der Waals surface area (Å²) in [5.41, 5.74) is 1.48. The fraction of sp³-hybridized carbons (Fsp3) is 0.115. The van der Waals surface area contributed by atoms with Gasteiger partial charge in [0, 0.05) is 4.47 Å². The molecule has 4 amide bonds. The van der Waals surface area contributed by atoms with Crippen LogP contribution in [0.4, 0.5) is 10.5 Å². The summed E-state index contributed by atoms with van der Waals surface area (Å²) >= 11 is 15.4. The maximum atomic E-state index is 13.1. The van der Waals surface area contributed by atoms with Crippen LogP contribution in [0.15, 0.2) is 70.7 Å². The van der Waals surface area contributed by atoms with Crippen LogP contribution in [-0.4, -0.2) is 24.5 Å². The maximum Gasteiger partial charge on any atom is 0.335 e. The van der Waals surface area contributed by atoms with Crippen LogP contribution in [-0.2, 0) is 16.2 Å². The topological polar surface area (TPSA) is 84.9 Å². The number of nitrogens with one attached hydrogen (secondary N) is 1. The van der Waals surface area contributed by atoms with E-state index in [1.54, 1.807) is 60.7 Å². The first-order chi connectivity index (χ1) is 17.3. The van der Waals surface area contributed by atoms with E-state index in [0.29, 0.717) is 39.4 Å². The summed E-state index contributed by atoms with van der Waals surface area (Å²) in [6.07, 6.45) is 1.40. The molecule has 0 unspecified atom stereocenters. The van der Waals surface area contributed by atoms with Crippen LogP contribution in [0.2, 0.25) is 10.0 Å². The normalized spacial score (nSPS) is 14.7. The highest BCUT2D eigenvalue weighted by atomic mass is 79.9. The smallest absolute Gasteiger partial charge is 0.335 e. The molecule has 0 spiro atoms. The molecule has 10 heteroatoms. The highest BCUT2D eigenvalue weighted by molar-refractivity contribution is 9.10. The Morgan fingerprint density at radius 3 is 2.36 bits per heavy atom. The van der Waals surface area contributed by atoms with Crippen molar-refractivity contribution in [3.63, 3.8) is 0 Å². The van der Waals surface area contributed by atoms with Gasteiger partial charge in [-0.3, -0.25) is 14.9 Å². The van der Waals surface area contributed by atoms with Crippen LogP contribution in [0.25, 0.3) is 6.08 Å². The van der Waals surface area contributed by atoms with E-state index in [-0.39, 0.29) is 12.2 Å². The number of halogens is 3. The van der Waals surface area contributed by atoms with Crippen LogP contribution in [0.1, 0.15) is 18.1 Å². The van der Waals surface area contributed by atoms with Gasteiger partial charge in [-0.25, -0.2) is 9.69 Å². The number of urea groups is 1. The number of ether oxygens (including phenoxy) is 2. The number of imide groups is 2. The summed E-state index contributed by atoms with van der Waals surface area (Å²) in [6.45, 7) is 2.42. The second kappa shape index (κ2) is 11.2. The van der Waals surface area contributed by atoms with Gasteiger partial charge >= 0.3 is 6.03 Å². The summed E-state index contributed by atoms with van der Waals surface area (Å²) < 4.78 is 12.4. The van der Waals surface area contributed by atoms with Crippen molar-refractivity contribution in [2.75, 3.05) is 11.5 Å². The van der Waals surface area contributed by atoms with Gasteiger partial charge in [-0.15, -0.1) is 0 Å². The van der Waals surface area contributed by atoms with Gasteiger partial charge in [-0.2, -0.15) is 0 Å². The molecule has 0 aliphatic carbocycles. The van der Waals surface area contributed by atoms with E-state index in [0.717, 1.165) is 14.9 Å². The molecule has 4 rings (SSSR count). The SMILES string of the molecule is CCOc1cc(/C=C2\C(=O)NC(=O)N(c3ccc(Br)cc3)C2=O)ccc1OCc1ccc(Cl)c(Cl)c1. The van der Waals surface area contributed by atoms with E-state index < -0.39 is 17.8 Å². The van der Waals surface area contributed by atoms with Gasteiger partial charge in [-0.1, -0.05) is 51.3 Å². The zero-order valence-corrected chi connectivity index (χ0v) is 22.0. The average molecular weight is 590 g/mol. The number of rotatable bonds is 7. The van der Waals surface area contributed by atoms with E-state index >= 15 is 0 Å². The number of barbiturate groups is 1. The second-order valence-corrected chi connectivity index (χ2v) is 9.34. The van der Waals surface area contributed by atoms with Gasteiger partial charge < -0.3 is 9.47 Å². The minimum absolute atomic E-state index is 0.190. The van der Waals surface area contributed by atoms with Crippen LogP contribution in [0.3, 0.4) is 0 Å². The summed E-state index contributed by atoms with van der Waals surface area (Å²) in [7, 11) is 0. The molecule has 1 saturated heterocycles. The fourth-order valence-corrected chi connectivity index (χ4v) is 4.03. The molecule has 0 saturated carbocycles. The van der Waals surface area contributed by atoms with Crippen molar-refractivity contribution in [2.24, 2.45) is 0 Å². The monoisotopic (exact) mass is 588 g/mol. The van der Waals surface area contributed by atoms with Crippen LogP contribution in [0.5, 0.6) is 11.5 Å². The highest BCUT2D eigenvalue weighted by Gasteiger charge is 2.36. The summed E-state index contributed by atoms with van der Waals surface area (Å²) in [4.78, 5) is 38.9. The molecular weight excluding hydrogens is 571 g/mol. The van der Waals surface area contributed by atoms with Crippen molar-refractivity contribution >= 4 is 68.7 Å². The lowest BCUT2D eigenvalue weighted by Gasteiger charge is -2.26. The first-order valence-electron chi connectivity index (χ1n) is 10.8. The summed E-state index contributed by atoms with van der Waals surface area (Å²) in [5.74, 6) is -0.618. The lowest BCUT2D eigenvalue weighted by molar-refractivity contribution is -0.122. The largest absolute Gasteiger partial charge is 0.490 e. The molecule has 1 fully saturated rings. The first kappa shape index (κ1) is 25.8. The molecule has 0 aromatic heterocycles. The van der Waals surface area contributed by atoms with Gasteiger partial charge in [0.2, 0.25) is 0 Å². The van der Waals surface area contributed by atoms with Gasteiger partial charge in [-0.05, 0) is 72.7 Å². The van der Waals surface area contributed by atoms with Crippen molar-refractivity contribution in [1.82, 2.24) is 5.32 Å². The zero-order valence-electron chi connectivity index (χ0n) is 18.9. The number of carbonyl (C=O) groups excluding carboxylic acids is 3. The molecular formula is C26H19BrCl2N2O5. The van der Waals surface area contributed by atoms with Crippen molar-refractivity contribution in [2.45, 2.75) is 13.5 Å². The van der Waals surface area contributed by atoms with E-state index in [1.807, 2.05) is 6.92 Å². The highest BCUT2D eigenvalue weighted by Crippen LogP contribution is 2.32. The third-order valence-electron chi connectivity index (χ3n) is 5.14. The summed E-state index contributed by atoms with van der Waals surface area (Å²) in [5, 5.41) is 3.09. The molecule has 0 radical (unpaired) electrons. The minimum Gasteiger partial charge on any atom is -0.490 e. The molecule has 7 nitrogen and oxygen atoms in total. The van der Waals surface area contributed by atoms with Gasteiger partial charge in [0.05, 0.1) is 22.3 Å². The van der Waals surface area contributed by atoms with Crippen molar-refractivity contribution in [3.8, 4) is 11.5 Å². The molecule has 0 atom stereocenters. The Balaban J connectivity index is 1.60. The third kappa shape index (κ3) is 5.73. The zero-order chi connectivity index (χ0) is 25.8. The predicted molar refractivity (Wildman–Crippen MR) is 142 cm³/mol. The number of benzene rings is 3. The third-order valence-corrected chi connectivity index (χ3v) is 6.41. The molecule has 1 N–H and O–H groups in total. The number of nitrogens with zero attached hydrogens (tertiary/aromatic N) is 1. The number of carbonyl (C=O) groups is 3. The molecule has 1 aliphatic rings. The Bertz CT molecular complexity index is 1380. The second-order valence-electron chi connectivity index (χ2n) is 7.61. The van der Waals surface area contributed by atoms with E-state index in [4.69, 9.17) is 32.7 Å². The molecule has 184 valence electrons. The van der Waals surface area contributed by atoms with Crippen LogP contribution >= 0.6 is 39.1 Å². The molecule has 1 heterocycles.